The van der Waals surface area contributed by atoms with E-state index in [0.29, 0.717) is 34.3 Å². The molecule has 4 aromatic heterocycles. The van der Waals surface area contributed by atoms with E-state index in [0.717, 1.165) is 21.7 Å². The minimum absolute atomic E-state index is 0.0337. The highest BCUT2D eigenvalue weighted by atomic mass is 79.9. The Morgan fingerprint density at radius 1 is 0.744 bits per heavy atom. The summed E-state index contributed by atoms with van der Waals surface area (Å²) in [5.74, 6) is 1.41. The van der Waals surface area contributed by atoms with Gasteiger partial charge < -0.3 is 0 Å². The summed E-state index contributed by atoms with van der Waals surface area (Å²) in [6.45, 7) is 8.27. The Labute approximate surface area is 255 Å². The molecule has 0 bridgehead atoms. The van der Waals surface area contributed by atoms with Crippen molar-refractivity contribution in [2.45, 2.75) is 51.4 Å². The first kappa shape index (κ1) is 31.2. The number of pyridine rings is 2. The third-order valence-corrected chi connectivity index (χ3v) is 7.35. The van der Waals surface area contributed by atoms with E-state index in [9.17, 15) is 4.79 Å². The summed E-state index contributed by atoms with van der Waals surface area (Å²) in [4.78, 5) is 37.4. The van der Waals surface area contributed by atoms with Gasteiger partial charge in [-0.15, -0.1) is 0 Å². The Bertz CT molecular complexity index is 1400. The predicted octanol–water partition coefficient (Wildman–Crippen LogP) is 7.43. The first-order valence-corrected chi connectivity index (χ1v) is 14.7. The summed E-state index contributed by atoms with van der Waals surface area (Å²) in [5, 5.41) is 1.58. The van der Waals surface area contributed by atoms with Gasteiger partial charge >= 0.3 is 0 Å². The first-order chi connectivity index (χ1) is 18.4. The van der Waals surface area contributed by atoms with Crippen LogP contribution in [0.1, 0.15) is 61.1 Å². The second kappa shape index (κ2) is 13.8. The molecule has 0 atom stereocenters. The van der Waals surface area contributed by atoms with E-state index >= 15 is 0 Å². The fourth-order valence-electron chi connectivity index (χ4n) is 3.82. The van der Waals surface area contributed by atoms with Crippen LogP contribution in [0.5, 0.6) is 0 Å². The molecule has 0 saturated carbocycles. The number of Topliss-reactive ketones (excluding diaryl/α,β-unsaturated/α-hetero) is 1. The molecule has 4 aromatic rings. The number of nitrogens with zero attached hydrogens (tertiary/aromatic N) is 6. The van der Waals surface area contributed by atoms with Gasteiger partial charge in [0.2, 0.25) is 0 Å². The molecule has 0 N–H and O–H groups in total. The lowest BCUT2D eigenvalue weighted by Crippen LogP contribution is -2.24. The quantitative estimate of drug-likeness (QED) is 0.140. The molecule has 11 heteroatoms. The lowest BCUT2D eigenvalue weighted by Gasteiger charge is -2.24. The predicted molar refractivity (Wildman–Crippen MR) is 162 cm³/mol. The second-order valence-electron chi connectivity index (χ2n) is 10.1. The second-order valence-corrected chi connectivity index (χ2v) is 12.3. The van der Waals surface area contributed by atoms with Crippen LogP contribution in [0.25, 0.3) is 0 Å². The van der Waals surface area contributed by atoms with E-state index < -0.39 is 0 Å². The van der Waals surface area contributed by atoms with Crippen molar-refractivity contribution in [1.82, 2.24) is 29.9 Å². The average molecular weight is 695 g/mol. The molecular weight excluding hydrogens is 667 g/mol. The zero-order chi connectivity index (χ0) is 28.6. The maximum absolute atomic E-state index is 11.5. The molecule has 0 spiro atoms. The molecule has 0 saturated heterocycles. The van der Waals surface area contributed by atoms with E-state index in [-0.39, 0.29) is 21.9 Å². The third kappa shape index (κ3) is 8.83. The van der Waals surface area contributed by atoms with Crippen molar-refractivity contribution in [3.05, 3.63) is 105 Å². The molecule has 204 valence electrons. The van der Waals surface area contributed by atoms with Gasteiger partial charge in [0.25, 0.3) is 0 Å². The van der Waals surface area contributed by atoms with Crippen LogP contribution in [0, 0.1) is 0 Å². The van der Waals surface area contributed by atoms with E-state index in [4.69, 9.17) is 23.2 Å². The van der Waals surface area contributed by atoms with Crippen LogP contribution in [-0.2, 0) is 23.7 Å². The molecule has 4 rings (SSSR count). The van der Waals surface area contributed by atoms with Crippen molar-refractivity contribution in [2.75, 3.05) is 5.33 Å². The molecule has 0 fully saturated rings. The molecular formula is C28H28Br2Cl2N6O. The number of aromatic nitrogens is 6. The monoisotopic (exact) mass is 692 g/mol. The van der Waals surface area contributed by atoms with Crippen molar-refractivity contribution in [3.63, 3.8) is 0 Å². The van der Waals surface area contributed by atoms with Gasteiger partial charge in [0.15, 0.2) is 5.78 Å². The van der Waals surface area contributed by atoms with E-state index in [1.54, 1.807) is 43.2 Å². The largest absolute Gasteiger partial charge is 0.293 e. The summed E-state index contributed by atoms with van der Waals surface area (Å²) in [6.07, 6.45) is 11.4. The third-order valence-electron chi connectivity index (χ3n) is 5.82. The maximum Gasteiger partial charge on any atom is 0.176 e. The number of carbonyl (C=O) groups is 1. The fourth-order valence-corrected chi connectivity index (χ4v) is 5.11. The van der Waals surface area contributed by atoms with Crippen LogP contribution >= 0.6 is 55.1 Å². The van der Waals surface area contributed by atoms with Gasteiger partial charge in [0, 0.05) is 60.9 Å². The Balaban J connectivity index is 0.000000218. The number of hydrogen-bond donors (Lipinski definition) is 0. The van der Waals surface area contributed by atoms with Crippen LogP contribution in [-0.4, -0.2) is 41.0 Å². The molecule has 39 heavy (non-hydrogen) atoms. The molecule has 0 unspecified atom stereocenters. The average Bonchev–Trinajstić information content (AvgIpc) is 2.90. The topological polar surface area (TPSA) is 94.4 Å². The van der Waals surface area contributed by atoms with Gasteiger partial charge in [-0.1, -0.05) is 66.8 Å². The molecule has 0 radical (unpaired) electrons. The number of halogens is 4. The maximum atomic E-state index is 11.5. The minimum atomic E-state index is -0.292. The highest BCUT2D eigenvalue weighted by Crippen LogP contribution is 2.31. The fraction of sp³-hybridized carbons (Fsp3) is 0.321. The highest BCUT2D eigenvalue weighted by Gasteiger charge is 2.27. The van der Waals surface area contributed by atoms with Gasteiger partial charge in [-0.25, -0.2) is 19.9 Å². The Morgan fingerprint density at radius 3 is 1.54 bits per heavy atom. The number of rotatable bonds is 8. The highest BCUT2D eigenvalue weighted by molar-refractivity contribution is 9.10. The molecule has 0 aliphatic heterocycles. The Hall–Kier alpha value is -2.33. The van der Waals surface area contributed by atoms with Crippen LogP contribution in [0.4, 0.5) is 0 Å². The number of carbonyl (C=O) groups excluding carboxylic acids is 1. The molecule has 0 aliphatic rings. The van der Waals surface area contributed by atoms with Crippen LogP contribution < -0.4 is 0 Å². The Kier molecular flexibility index (Phi) is 11.1. The van der Waals surface area contributed by atoms with Gasteiger partial charge in [-0.3, -0.25) is 14.8 Å². The molecule has 0 amide bonds. The van der Waals surface area contributed by atoms with Crippen molar-refractivity contribution in [3.8, 4) is 0 Å². The van der Waals surface area contributed by atoms with Gasteiger partial charge in [-0.2, -0.15) is 0 Å². The summed E-state index contributed by atoms with van der Waals surface area (Å²) in [5.41, 5.74) is 1.70. The standard InChI is InChI=1S/C15H15BrClN3O.C13H13BrClN3/c1-15(2,14-11(17)4-3-5-18-14)6-13-19-8-10(9-20-13)12(21)7-16;1-13(2,12-10(15)4-3-5-16-12)6-11-17-7-9(14)8-18-11/h3-5,8-9H,6-7H2,1-2H3;3-5,7-8H,6H2,1-2H3. The van der Waals surface area contributed by atoms with E-state index in [1.165, 1.54) is 0 Å². The molecule has 7 nitrogen and oxygen atoms in total. The van der Waals surface area contributed by atoms with E-state index in [2.05, 4.69) is 75.6 Å². The lowest BCUT2D eigenvalue weighted by molar-refractivity contribution is 0.102. The van der Waals surface area contributed by atoms with Gasteiger partial charge in [-0.05, 0) is 40.2 Å². The smallest absolute Gasteiger partial charge is 0.176 e. The SMILES string of the molecule is CC(C)(Cc1ncc(Br)cn1)c1ncccc1Cl.CC(C)(Cc1ncc(C(=O)CBr)cn1)c1ncccc1Cl. The number of alkyl halides is 1. The molecule has 0 aromatic carbocycles. The van der Waals surface area contributed by atoms with Gasteiger partial charge in [0.1, 0.15) is 11.6 Å². The minimum Gasteiger partial charge on any atom is -0.293 e. The van der Waals surface area contributed by atoms with Crippen molar-refractivity contribution in [2.24, 2.45) is 0 Å². The summed E-state index contributed by atoms with van der Waals surface area (Å²) in [6, 6.07) is 7.31. The van der Waals surface area contributed by atoms with Crippen molar-refractivity contribution >= 4 is 60.8 Å². The van der Waals surface area contributed by atoms with Crippen LogP contribution in [0.2, 0.25) is 10.0 Å². The summed E-state index contributed by atoms with van der Waals surface area (Å²) in [7, 11) is 0. The zero-order valence-corrected chi connectivity index (χ0v) is 26.7. The van der Waals surface area contributed by atoms with Crippen molar-refractivity contribution < 1.29 is 4.79 Å². The van der Waals surface area contributed by atoms with Crippen LogP contribution in [0.3, 0.4) is 0 Å². The number of ketones is 1. The van der Waals surface area contributed by atoms with E-state index in [1.807, 2.05) is 32.0 Å². The summed E-state index contributed by atoms with van der Waals surface area (Å²) < 4.78 is 0.875. The molecule has 4 heterocycles. The van der Waals surface area contributed by atoms with Gasteiger partial charge in [0.05, 0.1) is 36.8 Å². The van der Waals surface area contributed by atoms with Crippen LogP contribution in [0.15, 0.2) is 65.9 Å². The normalized spacial score (nSPS) is 11.5. The summed E-state index contributed by atoms with van der Waals surface area (Å²) >= 11 is 18.8. The first-order valence-electron chi connectivity index (χ1n) is 12.0. The Morgan fingerprint density at radius 2 is 1.15 bits per heavy atom. The lowest BCUT2D eigenvalue weighted by atomic mass is 9.84. The zero-order valence-electron chi connectivity index (χ0n) is 22.0. The number of hydrogen-bond acceptors (Lipinski definition) is 7. The molecule has 0 aliphatic carbocycles. The van der Waals surface area contributed by atoms with Crippen molar-refractivity contribution in [1.29, 1.82) is 0 Å².